The average Bonchev–Trinajstić information content (AvgIpc) is 3.20. The number of para-hydroxylation sites is 1. The van der Waals surface area contributed by atoms with Gasteiger partial charge in [0.2, 0.25) is 11.8 Å². The van der Waals surface area contributed by atoms with Crippen LogP contribution in [0, 0.1) is 5.92 Å². The zero-order valence-electron chi connectivity index (χ0n) is 15.1. The number of carbonyl (C=O) groups is 4. The lowest BCUT2D eigenvalue weighted by Gasteiger charge is -2.17. The van der Waals surface area contributed by atoms with E-state index in [-0.39, 0.29) is 18.4 Å². The number of anilines is 1. The third-order valence-corrected chi connectivity index (χ3v) is 5.04. The molecule has 4 amide bonds. The van der Waals surface area contributed by atoms with Gasteiger partial charge in [-0.1, -0.05) is 30.3 Å². The number of amides is 4. The molecule has 0 aliphatic carbocycles. The summed E-state index contributed by atoms with van der Waals surface area (Å²) >= 11 is 0. The molecule has 2 heterocycles. The lowest BCUT2D eigenvalue weighted by molar-refractivity contribution is -0.122. The molecule has 0 aromatic heterocycles. The quantitative estimate of drug-likeness (QED) is 0.799. The Kier molecular flexibility index (Phi) is 4.65. The summed E-state index contributed by atoms with van der Waals surface area (Å²) in [5.74, 6) is -1.33. The number of carbonyl (C=O) groups excluding carboxylic acids is 4. The molecule has 7 nitrogen and oxygen atoms in total. The molecule has 2 aliphatic rings. The van der Waals surface area contributed by atoms with Gasteiger partial charge in [-0.05, 0) is 24.3 Å². The lowest BCUT2D eigenvalue weighted by Crippen LogP contribution is -2.42. The highest BCUT2D eigenvalue weighted by Crippen LogP contribution is 2.25. The summed E-state index contributed by atoms with van der Waals surface area (Å²) in [6, 6.07) is 15.9. The van der Waals surface area contributed by atoms with Gasteiger partial charge in [-0.3, -0.25) is 24.1 Å². The summed E-state index contributed by atoms with van der Waals surface area (Å²) in [6.45, 7) is 0.517. The first-order valence-corrected chi connectivity index (χ1v) is 9.12. The molecule has 0 radical (unpaired) electrons. The Morgan fingerprint density at radius 2 is 1.54 bits per heavy atom. The number of rotatable bonds is 5. The number of imide groups is 1. The summed E-state index contributed by atoms with van der Waals surface area (Å²) in [7, 11) is 0. The van der Waals surface area contributed by atoms with Gasteiger partial charge in [-0.15, -0.1) is 0 Å². The smallest absolute Gasteiger partial charge is 0.262 e. The molecule has 1 atom stereocenters. The van der Waals surface area contributed by atoms with Crippen molar-refractivity contribution >= 4 is 29.3 Å². The van der Waals surface area contributed by atoms with Crippen molar-refractivity contribution in [3.05, 3.63) is 65.7 Å². The molecule has 2 aromatic carbocycles. The third kappa shape index (κ3) is 3.26. The summed E-state index contributed by atoms with van der Waals surface area (Å²) in [6.07, 6.45) is 0.349. The van der Waals surface area contributed by atoms with E-state index in [1.165, 1.54) is 0 Å². The predicted molar refractivity (Wildman–Crippen MR) is 102 cm³/mol. The second-order valence-electron chi connectivity index (χ2n) is 6.96. The highest BCUT2D eigenvalue weighted by Gasteiger charge is 2.36. The molecule has 0 bridgehead atoms. The van der Waals surface area contributed by atoms with Crippen molar-refractivity contribution in [3.8, 4) is 0 Å². The first-order chi connectivity index (χ1) is 13.5. The Labute approximate surface area is 161 Å². The highest BCUT2D eigenvalue weighted by atomic mass is 16.2. The minimum absolute atomic E-state index is 0.0150. The van der Waals surface area contributed by atoms with Gasteiger partial charge < -0.3 is 10.2 Å². The van der Waals surface area contributed by atoms with Crippen LogP contribution in [0.15, 0.2) is 54.6 Å². The van der Waals surface area contributed by atoms with E-state index in [4.69, 9.17) is 0 Å². The van der Waals surface area contributed by atoms with Crippen LogP contribution in [0.25, 0.3) is 0 Å². The van der Waals surface area contributed by atoms with E-state index in [1.54, 1.807) is 29.2 Å². The van der Waals surface area contributed by atoms with Crippen LogP contribution in [-0.2, 0) is 9.59 Å². The normalized spacial score (nSPS) is 18.6. The van der Waals surface area contributed by atoms with Gasteiger partial charge in [-0.25, -0.2) is 0 Å². The molecule has 2 aliphatic heterocycles. The van der Waals surface area contributed by atoms with Crippen LogP contribution in [0.5, 0.6) is 0 Å². The fraction of sp³-hybridized carbons (Fsp3) is 0.238. The van der Waals surface area contributed by atoms with Crippen LogP contribution in [-0.4, -0.2) is 48.2 Å². The number of nitrogens with zero attached hydrogens (tertiary/aromatic N) is 2. The van der Waals surface area contributed by atoms with Crippen LogP contribution in [0.2, 0.25) is 0 Å². The second kappa shape index (κ2) is 7.26. The number of benzene rings is 2. The van der Waals surface area contributed by atoms with Gasteiger partial charge in [0.1, 0.15) is 6.54 Å². The van der Waals surface area contributed by atoms with Gasteiger partial charge >= 0.3 is 0 Å². The number of hydrogen-bond acceptors (Lipinski definition) is 4. The molecular formula is C21H19N3O4. The van der Waals surface area contributed by atoms with E-state index >= 15 is 0 Å². The maximum absolute atomic E-state index is 12.3. The maximum atomic E-state index is 12.3. The molecule has 7 heteroatoms. The SMILES string of the molecule is O=C(CN1C(=O)c2ccccc2C1=O)NCC1CC(=O)N(c2ccccc2)C1. The Morgan fingerprint density at radius 1 is 0.929 bits per heavy atom. The van der Waals surface area contributed by atoms with Crippen molar-refractivity contribution in [2.45, 2.75) is 6.42 Å². The fourth-order valence-electron chi connectivity index (χ4n) is 3.62. The zero-order chi connectivity index (χ0) is 19.7. The summed E-state index contributed by atoms with van der Waals surface area (Å²) in [4.78, 5) is 51.8. The largest absolute Gasteiger partial charge is 0.354 e. The van der Waals surface area contributed by atoms with E-state index in [0.29, 0.717) is 30.6 Å². The Morgan fingerprint density at radius 3 is 2.18 bits per heavy atom. The molecule has 1 unspecified atom stereocenters. The first-order valence-electron chi connectivity index (χ1n) is 9.12. The Balaban J connectivity index is 1.32. The predicted octanol–water partition coefficient (Wildman–Crippen LogP) is 1.45. The summed E-state index contributed by atoms with van der Waals surface area (Å²) in [5.41, 5.74) is 1.48. The molecular weight excluding hydrogens is 358 g/mol. The van der Waals surface area contributed by atoms with E-state index in [0.717, 1.165) is 10.6 Å². The summed E-state index contributed by atoms with van der Waals surface area (Å²) in [5, 5.41) is 2.75. The van der Waals surface area contributed by atoms with Gasteiger partial charge in [0.15, 0.2) is 0 Å². The molecule has 142 valence electrons. The minimum atomic E-state index is -0.456. The van der Waals surface area contributed by atoms with Crippen molar-refractivity contribution in [1.82, 2.24) is 10.2 Å². The number of nitrogens with one attached hydrogen (secondary N) is 1. The Bertz CT molecular complexity index is 922. The van der Waals surface area contributed by atoms with Crippen LogP contribution >= 0.6 is 0 Å². The van der Waals surface area contributed by atoms with Gasteiger partial charge in [-0.2, -0.15) is 0 Å². The Hall–Kier alpha value is -3.48. The minimum Gasteiger partial charge on any atom is -0.354 e. The van der Waals surface area contributed by atoms with Crippen molar-refractivity contribution in [1.29, 1.82) is 0 Å². The van der Waals surface area contributed by atoms with Crippen LogP contribution in [0.3, 0.4) is 0 Å². The van der Waals surface area contributed by atoms with Crippen molar-refractivity contribution in [3.63, 3.8) is 0 Å². The topological polar surface area (TPSA) is 86.8 Å². The van der Waals surface area contributed by atoms with E-state index in [9.17, 15) is 19.2 Å². The van der Waals surface area contributed by atoms with Crippen molar-refractivity contribution in [2.75, 3.05) is 24.5 Å². The lowest BCUT2D eigenvalue weighted by atomic mass is 10.1. The standard InChI is InChI=1S/C21H19N3O4/c25-18(13-24-20(27)16-8-4-5-9-17(16)21(24)28)22-11-14-10-19(26)23(12-14)15-6-2-1-3-7-15/h1-9,14H,10-13H2,(H,22,25). The van der Waals surface area contributed by atoms with Gasteiger partial charge in [0.05, 0.1) is 11.1 Å². The first kappa shape index (κ1) is 17.9. The van der Waals surface area contributed by atoms with Gasteiger partial charge in [0, 0.05) is 31.1 Å². The van der Waals surface area contributed by atoms with Gasteiger partial charge in [0.25, 0.3) is 11.8 Å². The van der Waals surface area contributed by atoms with Crippen molar-refractivity contribution < 1.29 is 19.2 Å². The second-order valence-corrected chi connectivity index (χ2v) is 6.96. The molecule has 0 saturated carbocycles. The summed E-state index contributed by atoms with van der Waals surface area (Å²) < 4.78 is 0. The molecule has 28 heavy (non-hydrogen) atoms. The number of hydrogen-bond donors (Lipinski definition) is 1. The molecule has 4 rings (SSSR count). The molecule has 1 fully saturated rings. The molecule has 1 saturated heterocycles. The fourth-order valence-corrected chi connectivity index (χ4v) is 3.62. The van der Waals surface area contributed by atoms with Crippen LogP contribution < -0.4 is 10.2 Å². The van der Waals surface area contributed by atoms with Crippen LogP contribution in [0.4, 0.5) is 5.69 Å². The van der Waals surface area contributed by atoms with E-state index < -0.39 is 17.7 Å². The number of fused-ring (bicyclic) bond motifs is 1. The average molecular weight is 377 g/mol. The maximum Gasteiger partial charge on any atom is 0.262 e. The molecule has 0 spiro atoms. The molecule has 2 aromatic rings. The third-order valence-electron chi connectivity index (χ3n) is 5.04. The zero-order valence-corrected chi connectivity index (χ0v) is 15.1. The van der Waals surface area contributed by atoms with E-state index in [2.05, 4.69) is 5.32 Å². The van der Waals surface area contributed by atoms with Crippen LogP contribution in [0.1, 0.15) is 27.1 Å². The molecule has 1 N–H and O–H groups in total. The highest BCUT2D eigenvalue weighted by molar-refractivity contribution is 6.22. The van der Waals surface area contributed by atoms with Crippen molar-refractivity contribution in [2.24, 2.45) is 5.92 Å². The van der Waals surface area contributed by atoms with E-state index in [1.807, 2.05) is 30.3 Å². The monoisotopic (exact) mass is 377 g/mol.